The molecule has 154 valence electrons. The molecule has 1 atom stereocenters. The van der Waals surface area contributed by atoms with Gasteiger partial charge in [-0.3, -0.25) is 4.79 Å². The van der Waals surface area contributed by atoms with Crippen LogP contribution >= 0.6 is 0 Å². The molecule has 0 saturated heterocycles. The van der Waals surface area contributed by atoms with Gasteiger partial charge in [0.05, 0.1) is 14.2 Å². The maximum absolute atomic E-state index is 12.6. The molecule has 1 amide bonds. The fraction of sp³-hybridized carbons (Fsp3) is 0.375. The van der Waals surface area contributed by atoms with Crippen LogP contribution in [0.1, 0.15) is 49.3 Å². The Bertz CT molecular complexity index is 977. The number of H-pyrrole nitrogens is 1. The highest BCUT2D eigenvalue weighted by molar-refractivity contribution is 5.88. The molecule has 1 aromatic heterocycles. The normalized spacial score (nSPS) is 12.0. The summed E-state index contributed by atoms with van der Waals surface area (Å²) >= 11 is 0. The number of hydrogen-bond acceptors (Lipinski definition) is 3. The molecule has 0 aliphatic heterocycles. The van der Waals surface area contributed by atoms with Gasteiger partial charge in [-0.1, -0.05) is 38.1 Å². The molecule has 5 heteroatoms. The molecule has 0 unspecified atom stereocenters. The number of para-hydroxylation sites is 1. The number of ether oxygens (including phenoxy) is 2. The molecular formula is C24H30N2O3. The SMILES string of the molecule is CCCNC(=O)C[C@H](c1ccc(OC)c(OC)c1)c1c[nH]c2c(CC)cccc12. The molecule has 29 heavy (non-hydrogen) atoms. The molecule has 0 aliphatic rings. The summed E-state index contributed by atoms with van der Waals surface area (Å²) in [6.07, 6.45) is 4.28. The zero-order valence-electron chi connectivity index (χ0n) is 17.7. The first-order chi connectivity index (χ1) is 14.1. The van der Waals surface area contributed by atoms with Crippen molar-refractivity contribution in [1.82, 2.24) is 10.3 Å². The van der Waals surface area contributed by atoms with E-state index in [1.807, 2.05) is 24.4 Å². The van der Waals surface area contributed by atoms with Gasteiger partial charge in [-0.05, 0) is 41.7 Å². The van der Waals surface area contributed by atoms with Crippen molar-refractivity contribution in [3.63, 3.8) is 0 Å². The Kier molecular flexibility index (Phi) is 6.81. The van der Waals surface area contributed by atoms with E-state index in [0.717, 1.165) is 34.9 Å². The van der Waals surface area contributed by atoms with Crippen molar-refractivity contribution >= 4 is 16.8 Å². The summed E-state index contributed by atoms with van der Waals surface area (Å²) < 4.78 is 10.9. The van der Waals surface area contributed by atoms with Crippen molar-refractivity contribution in [3.8, 4) is 11.5 Å². The molecule has 1 heterocycles. The van der Waals surface area contributed by atoms with Crippen molar-refractivity contribution in [1.29, 1.82) is 0 Å². The second kappa shape index (κ2) is 9.50. The van der Waals surface area contributed by atoms with Crippen LogP contribution in [0, 0.1) is 0 Å². The smallest absolute Gasteiger partial charge is 0.220 e. The Morgan fingerprint density at radius 3 is 2.59 bits per heavy atom. The van der Waals surface area contributed by atoms with E-state index in [1.54, 1.807) is 14.2 Å². The number of amides is 1. The molecule has 2 N–H and O–H groups in total. The van der Waals surface area contributed by atoms with Gasteiger partial charge in [0.25, 0.3) is 0 Å². The van der Waals surface area contributed by atoms with Gasteiger partial charge in [-0.25, -0.2) is 0 Å². The van der Waals surface area contributed by atoms with Crippen LogP contribution in [0.25, 0.3) is 10.9 Å². The summed E-state index contributed by atoms with van der Waals surface area (Å²) in [4.78, 5) is 16.1. The van der Waals surface area contributed by atoms with E-state index < -0.39 is 0 Å². The molecule has 0 aliphatic carbocycles. The Labute approximate surface area is 172 Å². The average Bonchev–Trinajstić information content (AvgIpc) is 3.19. The van der Waals surface area contributed by atoms with E-state index in [1.165, 1.54) is 5.56 Å². The molecule has 0 bridgehead atoms. The maximum Gasteiger partial charge on any atom is 0.220 e. The molecular weight excluding hydrogens is 364 g/mol. The number of nitrogens with one attached hydrogen (secondary N) is 2. The maximum atomic E-state index is 12.6. The zero-order valence-corrected chi connectivity index (χ0v) is 17.7. The molecule has 2 aromatic carbocycles. The minimum Gasteiger partial charge on any atom is -0.493 e. The summed E-state index contributed by atoms with van der Waals surface area (Å²) in [6, 6.07) is 12.2. The van der Waals surface area contributed by atoms with Gasteiger partial charge in [0.15, 0.2) is 11.5 Å². The molecule has 0 radical (unpaired) electrons. The highest BCUT2D eigenvalue weighted by Crippen LogP contribution is 2.38. The van der Waals surface area contributed by atoms with Gasteiger partial charge in [-0.2, -0.15) is 0 Å². The lowest BCUT2D eigenvalue weighted by molar-refractivity contribution is -0.121. The van der Waals surface area contributed by atoms with Crippen LogP contribution in [0.2, 0.25) is 0 Å². The van der Waals surface area contributed by atoms with Gasteiger partial charge >= 0.3 is 0 Å². The Balaban J connectivity index is 2.08. The summed E-state index contributed by atoms with van der Waals surface area (Å²) in [5.41, 5.74) is 4.56. The van der Waals surface area contributed by atoms with Gasteiger partial charge in [0, 0.05) is 36.0 Å². The lowest BCUT2D eigenvalue weighted by Gasteiger charge is -2.19. The molecule has 3 aromatic rings. The number of hydrogen-bond donors (Lipinski definition) is 2. The van der Waals surface area contributed by atoms with Crippen LogP contribution in [-0.2, 0) is 11.2 Å². The number of aromatic amines is 1. The second-order valence-corrected chi connectivity index (χ2v) is 7.16. The number of aryl methyl sites for hydroxylation is 1. The van der Waals surface area contributed by atoms with Crippen molar-refractivity contribution in [2.24, 2.45) is 0 Å². The summed E-state index contributed by atoms with van der Waals surface area (Å²) in [5, 5.41) is 4.17. The van der Waals surface area contributed by atoms with Crippen molar-refractivity contribution < 1.29 is 14.3 Å². The van der Waals surface area contributed by atoms with E-state index in [-0.39, 0.29) is 11.8 Å². The third kappa shape index (κ3) is 4.39. The number of rotatable bonds is 9. The van der Waals surface area contributed by atoms with Gasteiger partial charge in [0.1, 0.15) is 0 Å². The third-order valence-corrected chi connectivity index (χ3v) is 5.36. The number of aromatic nitrogens is 1. The molecule has 0 spiro atoms. The van der Waals surface area contributed by atoms with E-state index in [2.05, 4.69) is 42.3 Å². The Morgan fingerprint density at radius 2 is 1.90 bits per heavy atom. The van der Waals surface area contributed by atoms with Crippen LogP contribution < -0.4 is 14.8 Å². The Hall–Kier alpha value is -2.95. The Morgan fingerprint density at radius 1 is 1.10 bits per heavy atom. The van der Waals surface area contributed by atoms with E-state index in [0.29, 0.717) is 24.5 Å². The van der Waals surface area contributed by atoms with Crippen LogP contribution in [0.4, 0.5) is 0 Å². The van der Waals surface area contributed by atoms with Crippen LogP contribution in [0.3, 0.4) is 0 Å². The number of methoxy groups -OCH3 is 2. The standard InChI is InChI=1S/C24H30N2O3/c1-5-12-25-23(27)14-19(17-10-11-21(28-3)22(13-17)29-4)20-15-26-24-16(6-2)8-7-9-18(20)24/h7-11,13,15,19,26H,5-6,12,14H2,1-4H3,(H,25,27)/t19-/m1/s1. The quantitative estimate of drug-likeness (QED) is 0.548. The number of carbonyl (C=O) groups is 1. The molecule has 5 nitrogen and oxygen atoms in total. The fourth-order valence-corrected chi connectivity index (χ4v) is 3.82. The summed E-state index contributed by atoms with van der Waals surface area (Å²) in [7, 11) is 3.25. The molecule has 3 rings (SSSR count). The highest BCUT2D eigenvalue weighted by Gasteiger charge is 2.23. The zero-order chi connectivity index (χ0) is 20.8. The van der Waals surface area contributed by atoms with Gasteiger partial charge < -0.3 is 19.8 Å². The predicted molar refractivity (Wildman–Crippen MR) is 117 cm³/mol. The van der Waals surface area contributed by atoms with Crippen LogP contribution in [0.5, 0.6) is 11.5 Å². The molecule has 0 fully saturated rings. The highest BCUT2D eigenvalue weighted by atomic mass is 16.5. The van der Waals surface area contributed by atoms with Crippen molar-refractivity contribution in [3.05, 3.63) is 59.3 Å². The third-order valence-electron chi connectivity index (χ3n) is 5.36. The van der Waals surface area contributed by atoms with E-state index in [9.17, 15) is 4.79 Å². The largest absolute Gasteiger partial charge is 0.493 e. The second-order valence-electron chi connectivity index (χ2n) is 7.16. The van der Waals surface area contributed by atoms with E-state index in [4.69, 9.17) is 9.47 Å². The fourth-order valence-electron chi connectivity index (χ4n) is 3.82. The number of carbonyl (C=O) groups excluding carboxylic acids is 1. The van der Waals surface area contributed by atoms with E-state index >= 15 is 0 Å². The summed E-state index contributed by atoms with van der Waals surface area (Å²) in [6.45, 7) is 4.89. The van der Waals surface area contributed by atoms with Crippen molar-refractivity contribution in [2.45, 2.75) is 39.0 Å². The van der Waals surface area contributed by atoms with Crippen LogP contribution in [-0.4, -0.2) is 31.7 Å². The van der Waals surface area contributed by atoms with Crippen LogP contribution in [0.15, 0.2) is 42.6 Å². The van der Waals surface area contributed by atoms with Gasteiger partial charge in [0.2, 0.25) is 5.91 Å². The lowest BCUT2D eigenvalue weighted by atomic mass is 9.87. The average molecular weight is 395 g/mol. The minimum absolute atomic E-state index is 0.0487. The topological polar surface area (TPSA) is 63.4 Å². The first-order valence-corrected chi connectivity index (χ1v) is 10.2. The minimum atomic E-state index is -0.0903. The predicted octanol–water partition coefficient (Wildman–Crippen LogP) is 4.80. The number of benzene rings is 2. The summed E-state index contributed by atoms with van der Waals surface area (Å²) in [5.74, 6) is 1.30. The van der Waals surface area contributed by atoms with Gasteiger partial charge in [-0.15, -0.1) is 0 Å². The first-order valence-electron chi connectivity index (χ1n) is 10.2. The number of fused-ring (bicyclic) bond motifs is 1. The lowest BCUT2D eigenvalue weighted by Crippen LogP contribution is -2.26. The monoisotopic (exact) mass is 394 g/mol. The molecule has 0 saturated carbocycles. The van der Waals surface area contributed by atoms with Crippen molar-refractivity contribution in [2.75, 3.05) is 20.8 Å². The first kappa shape index (κ1) is 20.8.